The van der Waals surface area contributed by atoms with Crippen LogP contribution in [0, 0.1) is 0 Å². The molecular formula is C9H13N7. The van der Waals surface area contributed by atoms with Gasteiger partial charge in [-0.1, -0.05) is 5.21 Å². The smallest absolute Gasteiger partial charge is 0.227 e. The largest absolute Gasteiger partial charge is 0.339 e. The van der Waals surface area contributed by atoms with Crippen molar-refractivity contribution in [2.24, 2.45) is 12.8 Å². The summed E-state index contributed by atoms with van der Waals surface area (Å²) in [6.07, 6.45) is 2.69. The molecule has 0 radical (unpaired) electrons. The van der Waals surface area contributed by atoms with E-state index in [4.69, 9.17) is 5.73 Å². The summed E-state index contributed by atoms with van der Waals surface area (Å²) in [7, 11) is 1.82. The molecule has 1 atom stereocenters. The van der Waals surface area contributed by atoms with Crippen LogP contribution in [0.3, 0.4) is 0 Å². The van der Waals surface area contributed by atoms with E-state index in [0.717, 1.165) is 30.7 Å². The number of fused-ring (bicyclic) bond motifs is 1. The van der Waals surface area contributed by atoms with Crippen LogP contribution in [0.25, 0.3) is 11.2 Å². The van der Waals surface area contributed by atoms with Crippen molar-refractivity contribution in [3.8, 4) is 0 Å². The lowest BCUT2D eigenvalue weighted by molar-refractivity contribution is 0.728. The molecule has 0 bridgehead atoms. The highest BCUT2D eigenvalue weighted by atomic mass is 15.4. The average Bonchev–Trinajstić information content (AvgIpc) is 2.86. The number of anilines is 1. The predicted octanol–water partition coefficient (Wildman–Crippen LogP) is -0.704. The molecule has 2 N–H and O–H groups in total. The Labute approximate surface area is 92.3 Å². The molecule has 1 aliphatic heterocycles. The maximum Gasteiger partial charge on any atom is 0.227 e. The van der Waals surface area contributed by atoms with E-state index in [0.29, 0.717) is 5.95 Å². The summed E-state index contributed by atoms with van der Waals surface area (Å²) in [6, 6.07) is 0.226. The van der Waals surface area contributed by atoms with Crippen molar-refractivity contribution in [2.75, 3.05) is 18.0 Å². The molecule has 7 heteroatoms. The van der Waals surface area contributed by atoms with Gasteiger partial charge in [-0.05, 0) is 6.42 Å². The van der Waals surface area contributed by atoms with E-state index < -0.39 is 0 Å². The first kappa shape index (κ1) is 9.46. The van der Waals surface area contributed by atoms with Gasteiger partial charge in [-0.25, -0.2) is 9.67 Å². The third-order valence-electron chi connectivity index (χ3n) is 2.84. The Kier molecular flexibility index (Phi) is 2.00. The fourth-order valence-electron chi connectivity index (χ4n) is 1.95. The molecule has 16 heavy (non-hydrogen) atoms. The summed E-state index contributed by atoms with van der Waals surface area (Å²) >= 11 is 0. The van der Waals surface area contributed by atoms with Gasteiger partial charge in [-0.2, -0.15) is 4.98 Å². The standard InChI is InChI=1S/C9H13N7/c1-15-8-7(13-14-15)4-11-9(12-8)16-3-2-6(10)5-16/h4,6H,2-3,5,10H2,1H3. The van der Waals surface area contributed by atoms with Gasteiger partial charge in [-0.15, -0.1) is 5.10 Å². The molecule has 0 saturated carbocycles. The number of nitrogens with two attached hydrogens (primary N) is 1. The lowest BCUT2D eigenvalue weighted by Gasteiger charge is -2.14. The van der Waals surface area contributed by atoms with E-state index in [1.165, 1.54) is 0 Å². The average molecular weight is 219 g/mol. The monoisotopic (exact) mass is 219 g/mol. The highest BCUT2D eigenvalue weighted by Crippen LogP contribution is 2.16. The number of hydrogen-bond acceptors (Lipinski definition) is 6. The molecular weight excluding hydrogens is 206 g/mol. The van der Waals surface area contributed by atoms with Crippen molar-refractivity contribution >= 4 is 17.1 Å². The second kappa shape index (κ2) is 3.38. The summed E-state index contributed by atoms with van der Waals surface area (Å²) < 4.78 is 1.65. The lowest BCUT2D eigenvalue weighted by Crippen LogP contribution is -2.27. The normalized spacial score (nSPS) is 20.9. The van der Waals surface area contributed by atoms with Crippen molar-refractivity contribution in [2.45, 2.75) is 12.5 Å². The van der Waals surface area contributed by atoms with E-state index in [2.05, 4.69) is 25.2 Å². The summed E-state index contributed by atoms with van der Waals surface area (Å²) in [6.45, 7) is 1.73. The fraction of sp³-hybridized carbons (Fsp3) is 0.556. The molecule has 1 unspecified atom stereocenters. The second-order valence-corrected chi connectivity index (χ2v) is 4.09. The summed E-state index contributed by atoms with van der Waals surface area (Å²) in [5, 5.41) is 7.85. The van der Waals surface area contributed by atoms with Crippen molar-refractivity contribution in [3.63, 3.8) is 0 Å². The van der Waals surface area contributed by atoms with Crippen LogP contribution in [0.4, 0.5) is 5.95 Å². The summed E-state index contributed by atoms with van der Waals surface area (Å²) in [4.78, 5) is 10.8. The fourth-order valence-corrected chi connectivity index (χ4v) is 1.95. The molecule has 3 heterocycles. The Balaban J connectivity index is 2.01. The molecule has 7 nitrogen and oxygen atoms in total. The van der Waals surface area contributed by atoms with Crippen LogP contribution in [-0.4, -0.2) is 44.1 Å². The minimum Gasteiger partial charge on any atom is -0.339 e. The molecule has 2 aromatic rings. The van der Waals surface area contributed by atoms with Crippen molar-refractivity contribution in [3.05, 3.63) is 6.20 Å². The van der Waals surface area contributed by atoms with Gasteiger partial charge in [0.2, 0.25) is 5.95 Å². The minimum absolute atomic E-state index is 0.226. The van der Waals surface area contributed by atoms with Gasteiger partial charge in [0, 0.05) is 26.2 Å². The Hall–Kier alpha value is -1.76. The maximum atomic E-state index is 5.86. The molecule has 3 rings (SSSR count). The van der Waals surface area contributed by atoms with Gasteiger partial charge in [0.1, 0.15) is 0 Å². The maximum absolute atomic E-state index is 5.86. The second-order valence-electron chi connectivity index (χ2n) is 4.09. The zero-order valence-corrected chi connectivity index (χ0v) is 9.04. The van der Waals surface area contributed by atoms with Gasteiger partial charge < -0.3 is 10.6 Å². The van der Waals surface area contributed by atoms with Crippen LogP contribution in [-0.2, 0) is 7.05 Å². The SMILES string of the molecule is Cn1nnc2cnc(N3CCC(N)C3)nc21. The van der Waals surface area contributed by atoms with Crippen LogP contribution >= 0.6 is 0 Å². The molecule has 1 fully saturated rings. The predicted molar refractivity (Wildman–Crippen MR) is 58.9 cm³/mol. The highest BCUT2D eigenvalue weighted by molar-refractivity contribution is 5.69. The number of hydrogen-bond donors (Lipinski definition) is 1. The number of aromatic nitrogens is 5. The van der Waals surface area contributed by atoms with Crippen LogP contribution in [0.2, 0.25) is 0 Å². The molecule has 0 spiro atoms. The quantitative estimate of drug-likeness (QED) is 0.682. The van der Waals surface area contributed by atoms with Crippen LogP contribution < -0.4 is 10.6 Å². The van der Waals surface area contributed by atoms with E-state index in [9.17, 15) is 0 Å². The summed E-state index contributed by atoms with van der Waals surface area (Å²) in [5.41, 5.74) is 7.33. The van der Waals surface area contributed by atoms with Crippen LogP contribution in [0.15, 0.2) is 6.20 Å². The van der Waals surface area contributed by atoms with Gasteiger partial charge >= 0.3 is 0 Å². The van der Waals surface area contributed by atoms with Gasteiger partial charge in [-0.3, -0.25) is 0 Å². The van der Waals surface area contributed by atoms with Crippen molar-refractivity contribution < 1.29 is 0 Å². The van der Waals surface area contributed by atoms with E-state index in [-0.39, 0.29) is 6.04 Å². The Bertz CT molecular complexity index is 520. The van der Waals surface area contributed by atoms with E-state index >= 15 is 0 Å². The van der Waals surface area contributed by atoms with Crippen LogP contribution in [0.1, 0.15) is 6.42 Å². The van der Waals surface area contributed by atoms with Gasteiger partial charge in [0.25, 0.3) is 0 Å². The number of nitrogens with zero attached hydrogens (tertiary/aromatic N) is 6. The minimum atomic E-state index is 0.226. The first-order valence-corrected chi connectivity index (χ1v) is 5.27. The Morgan fingerprint density at radius 2 is 2.38 bits per heavy atom. The lowest BCUT2D eigenvalue weighted by atomic mass is 10.3. The zero-order chi connectivity index (χ0) is 11.1. The number of aryl methyl sites for hydroxylation is 1. The van der Waals surface area contributed by atoms with Crippen molar-refractivity contribution in [1.82, 2.24) is 25.0 Å². The van der Waals surface area contributed by atoms with E-state index in [1.54, 1.807) is 10.9 Å². The Morgan fingerprint density at radius 3 is 3.12 bits per heavy atom. The Morgan fingerprint density at radius 1 is 1.50 bits per heavy atom. The van der Waals surface area contributed by atoms with Crippen LogP contribution in [0.5, 0.6) is 0 Å². The molecule has 84 valence electrons. The highest BCUT2D eigenvalue weighted by Gasteiger charge is 2.21. The van der Waals surface area contributed by atoms with Gasteiger partial charge in [0.15, 0.2) is 11.2 Å². The summed E-state index contributed by atoms with van der Waals surface area (Å²) in [5.74, 6) is 0.714. The zero-order valence-electron chi connectivity index (χ0n) is 9.04. The van der Waals surface area contributed by atoms with E-state index in [1.807, 2.05) is 7.05 Å². The van der Waals surface area contributed by atoms with Gasteiger partial charge in [0.05, 0.1) is 6.20 Å². The first-order valence-electron chi connectivity index (χ1n) is 5.27. The number of rotatable bonds is 1. The first-order chi connectivity index (χ1) is 7.74. The van der Waals surface area contributed by atoms with Crippen molar-refractivity contribution in [1.29, 1.82) is 0 Å². The third kappa shape index (κ3) is 1.40. The topological polar surface area (TPSA) is 85.8 Å². The molecule has 2 aromatic heterocycles. The molecule has 1 aliphatic rings. The molecule has 1 saturated heterocycles. The molecule has 0 aliphatic carbocycles. The molecule has 0 aromatic carbocycles. The molecule has 0 amide bonds. The third-order valence-corrected chi connectivity index (χ3v) is 2.84.